The molecule has 0 bridgehead atoms. The maximum absolute atomic E-state index is 11.9. The molecule has 1 amide bonds. The van der Waals surface area contributed by atoms with Crippen molar-refractivity contribution in [1.82, 2.24) is 0 Å². The van der Waals surface area contributed by atoms with Crippen molar-refractivity contribution < 1.29 is 9.53 Å². The van der Waals surface area contributed by atoms with E-state index < -0.39 is 4.32 Å². The minimum Gasteiger partial charge on any atom is -0.491 e. The summed E-state index contributed by atoms with van der Waals surface area (Å²) in [5.41, 5.74) is 0.861. The first-order valence-electron chi connectivity index (χ1n) is 5.95. The number of alkyl halides is 1. The molecule has 0 fully saturated rings. The Hall–Kier alpha value is -1.54. The number of anilines is 1. The number of carbonyl (C=O) groups is 1. The monoisotopic (exact) mass is 324 g/mol. The van der Waals surface area contributed by atoms with Gasteiger partial charge in [-0.25, -0.2) is 0 Å². The number of nitriles is 1. The summed E-state index contributed by atoms with van der Waals surface area (Å²) >= 11 is 3.28. The van der Waals surface area contributed by atoms with Crippen LogP contribution in [0.25, 0.3) is 0 Å². The summed E-state index contributed by atoms with van der Waals surface area (Å²) in [5, 5.41) is 11.8. The van der Waals surface area contributed by atoms with Crippen molar-refractivity contribution in [2.45, 2.75) is 38.1 Å². The van der Waals surface area contributed by atoms with Gasteiger partial charge in [0, 0.05) is 6.07 Å². The molecule has 0 saturated carbocycles. The van der Waals surface area contributed by atoms with Gasteiger partial charge in [-0.1, -0.05) is 15.9 Å². The van der Waals surface area contributed by atoms with Gasteiger partial charge in [0.2, 0.25) is 5.91 Å². The third-order valence-corrected chi connectivity index (χ3v) is 2.63. The number of hydrogen-bond donors (Lipinski definition) is 1. The highest BCUT2D eigenvalue weighted by atomic mass is 79.9. The van der Waals surface area contributed by atoms with Crippen molar-refractivity contribution in [3.8, 4) is 11.8 Å². The normalized spacial score (nSPS) is 11.0. The van der Waals surface area contributed by atoms with Crippen LogP contribution in [0.3, 0.4) is 0 Å². The van der Waals surface area contributed by atoms with Gasteiger partial charge in [-0.05, 0) is 39.8 Å². The fourth-order valence-corrected chi connectivity index (χ4v) is 1.44. The first kappa shape index (κ1) is 15.5. The molecular formula is C14H17BrN2O2. The lowest BCUT2D eigenvalue weighted by molar-refractivity contribution is -0.117. The van der Waals surface area contributed by atoms with Crippen LogP contribution in [-0.2, 0) is 4.79 Å². The summed E-state index contributed by atoms with van der Waals surface area (Å²) in [5.74, 6) is 0.407. The molecule has 1 N–H and O–H groups in total. The highest BCUT2D eigenvalue weighted by Crippen LogP contribution is 2.25. The summed E-state index contributed by atoms with van der Waals surface area (Å²) < 4.78 is 4.82. The van der Waals surface area contributed by atoms with E-state index >= 15 is 0 Å². The predicted molar refractivity (Wildman–Crippen MR) is 78.6 cm³/mol. The van der Waals surface area contributed by atoms with Crippen LogP contribution in [0.4, 0.5) is 5.69 Å². The molecule has 0 unspecified atom stereocenters. The molecule has 0 saturated heterocycles. The Labute approximate surface area is 121 Å². The molecule has 1 rings (SSSR count). The molecule has 0 aromatic heterocycles. The highest BCUT2D eigenvalue weighted by Gasteiger charge is 2.24. The topological polar surface area (TPSA) is 62.1 Å². The average molecular weight is 325 g/mol. The van der Waals surface area contributed by atoms with Crippen molar-refractivity contribution in [2.24, 2.45) is 0 Å². The number of halogens is 1. The van der Waals surface area contributed by atoms with Crippen LogP contribution >= 0.6 is 15.9 Å². The first-order valence-corrected chi connectivity index (χ1v) is 6.74. The maximum Gasteiger partial charge on any atom is 0.240 e. The average Bonchev–Trinajstić information content (AvgIpc) is 2.29. The van der Waals surface area contributed by atoms with Gasteiger partial charge in [0.15, 0.2) is 0 Å². The van der Waals surface area contributed by atoms with E-state index in [2.05, 4.69) is 27.3 Å². The van der Waals surface area contributed by atoms with E-state index in [1.165, 1.54) is 0 Å². The van der Waals surface area contributed by atoms with Gasteiger partial charge in [0.05, 0.1) is 21.7 Å². The summed E-state index contributed by atoms with van der Waals surface area (Å²) in [6.45, 7) is 7.30. The molecule has 1 aromatic carbocycles. The molecule has 0 aliphatic rings. The van der Waals surface area contributed by atoms with E-state index in [1.807, 2.05) is 13.8 Å². The van der Waals surface area contributed by atoms with Crippen LogP contribution in [0.1, 0.15) is 33.3 Å². The van der Waals surface area contributed by atoms with E-state index in [-0.39, 0.29) is 12.0 Å². The van der Waals surface area contributed by atoms with Crippen molar-refractivity contribution >= 4 is 27.5 Å². The minimum absolute atomic E-state index is 0.0356. The number of benzene rings is 1. The molecule has 0 atom stereocenters. The number of hydrogen-bond acceptors (Lipinski definition) is 3. The molecule has 0 radical (unpaired) electrons. The third-order valence-electron chi connectivity index (χ3n) is 2.27. The molecule has 5 heteroatoms. The van der Waals surface area contributed by atoms with Crippen molar-refractivity contribution in [1.29, 1.82) is 5.26 Å². The Morgan fingerprint density at radius 2 is 2.11 bits per heavy atom. The molecule has 102 valence electrons. The Kier molecular flexibility index (Phi) is 4.96. The standard InChI is InChI=1S/C14H17BrN2O2/c1-9(2)19-11-5-6-12(10(7-11)8-16)17-13(18)14(3,4)15/h5-7,9H,1-4H3,(H,17,18). The van der Waals surface area contributed by atoms with Crippen LogP contribution in [0, 0.1) is 11.3 Å². The molecule has 0 spiro atoms. The number of nitrogens with zero attached hydrogens (tertiary/aromatic N) is 1. The van der Waals surface area contributed by atoms with Crippen molar-refractivity contribution in [3.63, 3.8) is 0 Å². The smallest absolute Gasteiger partial charge is 0.240 e. The fourth-order valence-electron chi connectivity index (χ4n) is 1.34. The van der Waals surface area contributed by atoms with Gasteiger partial charge in [0.25, 0.3) is 0 Å². The highest BCUT2D eigenvalue weighted by molar-refractivity contribution is 9.10. The van der Waals surface area contributed by atoms with Crippen LogP contribution in [0.2, 0.25) is 0 Å². The second kappa shape index (κ2) is 6.07. The zero-order valence-corrected chi connectivity index (χ0v) is 13.0. The lowest BCUT2D eigenvalue weighted by Gasteiger charge is -2.17. The second-order valence-electron chi connectivity index (χ2n) is 4.91. The van der Waals surface area contributed by atoms with Crippen LogP contribution in [0.15, 0.2) is 18.2 Å². The van der Waals surface area contributed by atoms with Crippen molar-refractivity contribution in [3.05, 3.63) is 23.8 Å². The van der Waals surface area contributed by atoms with E-state index in [9.17, 15) is 4.79 Å². The van der Waals surface area contributed by atoms with Crippen LogP contribution in [0.5, 0.6) is 5.75 Å². The summed E-state index contributed by atoms with van der Waals surface area (Å²) in [6.07, 6.45) is 0.0356. The van der Waals surface area contributed by atoms with E-state index in [0.29, 0.717) is 17.0 Å². The quantitative estimate of drug-likeness (QED) is 0.863. The molecule has 0 aliphatic heterocycles. The van der Waals surface area contributed by atoms with Gasteiger partial charge in [-0.2, -0.15) is 5.26 Å². The Morgan fingerprint density at radius 3 is 2.58 bits per heavy atom. The summed E-state index contributed by atoms with van der Waals surface area (Å²) in [6, 6.07) is 7.09. The number of rotatable bonds is 4. The number of amides is 1. The third kappa shape index (κ3) is 4.56. The lowest BCUT2D eigenvalue weighted by Crippen LogP contribution is -2.31. The van der Waals surface area contributed by atoms with E-state index in [1.54, 1.807) is 32.0 Å². The minimum atomic E-state index is -0.688. The van der Waals surface area contributed by atoms with Gasteiger partial charge >= 0.3 is 0 Å². The Bertz CT molecular complexity index is 513. The Balaban J connectivity index is 2.98. The van der Waals surface area contributed by atoms with E-state index in [0.717, 1.165) is 0 Å². The second-order valence-corrected chi connectivity index (χ2v) is 6.89. The molecule has 19 heavy (non-hydrogen) atoms. The molecule has 0 aliphatic carbocycles. The molecule has 0 heterocycles. The maximum atomic E-state index is 11.9. The molecule has 1 aromatic rings. The van der Waals surface area contributed by atoms with Gasteiger partial charge < -0.3 is 10.1 Å². The van der Waals surface area contributed by atoms with Crippen molar-refractivity contribution in [2.75, 3.05) is 5.32 Å². The fraction of sp³-hybridized carbons (Fsp3) is 0.429. The number of nitrogens with one attached hydrogen (secondary N) is 1. The summed E-state index contributed by atoms with van der Waals surface area (Å²) in [4.78, 5) is 11.9. The lowest BCUT2D eigenvalue weighted by atomic mass is 10.1. The number of ether oxygens (including phenoxy) is 1. The van der Waals surface area contributed by atoms with Gasteiger partial charge in [-0.15, -0.1) is 0 Å². The largest absolute Gasteiger partial charge is 0.491 e. The Morgan fingerprint density at radius 1 is 1.47 bits per heavy atom. The summed E-state index contributed by atoms with van der Waals surface area (Å²) in [7, 11) is 0. The number of carbonyl (C=O) groups excluding carboxylic acids is 1. The van der Waals surface area contributed by atoms with Gasteiger partial charge in [0.1, 0.15) is 11.8 Å². The zero-order chi connectivity index (χ0) is 14.6. The molecular weight excluding hydrogens is 308 g/mol. The molecule has 4 nitrogen and oxygen atoms in total. The van der Waals surface area contributed by atoms with Crippen LogP contribution < -0.4 is 10.1 Å². The first-order chi connectivity index (χ1) is 8.74. The SMILES string of the molecule is CC(C)Oc1ccc(NC(=O)C(C)(C)Br)c(C#N)c1. The predicted octanol–water partition coefficient (Wildman–Crippen LogP) is 3.46. The van der Waals surface area contributed by atoms with E-state index in [4.69, 9.17) is 10.00 Å². The zero-order valence-electron chi connectivity index (χ0n) is 11.5. The van der Waals surface area contributed by atoms with Crippen LogP contribution in [-0.4, -0.2) is 16.3 Å². The van der Waals surface area contributed by atoms with Gasteiger partial charge in [-0.3, -0.25) is 4.79 Å².